The maximum Gasteiger partial charge on any atom is 0.239 e. The number of hydrogen-bond acceptors (Lipinski definition) is 2. The van der Waals surface area contributed by atoms with Crippen molar-refractivity contribution < 1.29 is 4.79 Å². The smallest absolute Gasteiger partial charge is 0.239 e. The molecule has 1 atom stereocenters. The molecule has 0 radical (unpaired) electrons. The van der Waals surface area contributed by atoms with Crippen LogP contribution in [0.5, 0.6) is 0 Å². The van der Waals surface area contributed by atoms with Gasteiger partial charge in [0.25, 0.3) is 0 Å². The second-order valence-electron chi connectivity index (χ2n) is 4.31. The van der Waals surface area contributed by atoms with E-state index in [0.717, 1.165) is 25.4 Å². The molecule has 1 aliphatic carbocycles. The predicted octanol–water partition coefficient (Wildman–Crippen LogP) is 0.736. The van der Waals surface area contributed by atoms with E-state index in [9.17, 15) is 4.79 Å². The van der Waals surface area contributed by atoms with Gasteiger partial charge in [-0.05, 0) is 25.2 Å². The molecule has 1 unspecified atom stereocenters. The highest BCUT2D eigenvalue weighted by atomic mass is 16.2. The first-order chi connectivity index (χ1) is 6.27. The van der Waals surface area contributed by atoms with Crippen LogP contribution in [-0.2, 0) is 4.79 Å². The molecule has 0 spiro atoms. The maximum atomic E-state index is 11.4. The SMILES string of the molecule is NC1CCN(CCCC2CC2)C1=O. The van der Waals surface area contributed by atoms with Crippen molar-refractivity contribution in [3.8, 4) is 0 Å². The van der Waals surface area contributed by atoms with Crippen molar-refractivity contribution in [3.63, 3.8) is 0 Å². The Morgan fingerprint density at radius 2 is 2.15 bits per heavy atom. The summed E-state index contributed by atoms with van der Waals surface area (Å²) in [6.45, 7) is 1.81. The summed E-state index contributed by atoms with van der Waals surface area (Å²) in [4.78, 5) is 13.3. The monoisotopic (exact) mass is 182 g/mol. The van der Waals surface area contributed by atoms with Gasteiger partial charge in [-0.15, -0.1) is 0 Å². The number of amides is 1. The first-order valence-electron chi connectivity index (χ1n) is 5.32. The quantitative estimate of drug-likeness (QED) is 0.697. The Hall–Kier alpha value is -0.570. The van der Waals surface area contributed by atoms with Crippen LogP contribution in [0, 0.1) is 5.92 Å². The van der Waals surface area contributed by atoms with Gasteiger partial charge in [0.2, 0.25) is 5.91 Å². The van der Waals surface area contributed by atoms with Gasteiger partial charge in [-0.3, -0.25) is 4.79 Å². The van der Waals surface area contributed by atoms with Crippen molar-refractivity contribution in [2.24, 2.45) is 11.7 Å². The summed E-state index contributed by atoms with van der Waals surface area (Å²) in [5, 5.41) is 0. The van der Waals surface area contributed by atoms with Gasteiger partial charge < -0.3 is 10.6 Å². The molecule has 2 rings (SSSR count). The molecule has 3 heteroatoms. The fourth-order valence-corrected chi connectivity index (χ4v) is 1.96. The molecule has 0 aromatic heterocycles. The molecule has 2 aliphatic rings. The van der Waals surface area contributed by atoms with Gasteiger partial charge in [0.05, 0.1) is 6.04 Å². The molecule has 0 aromatic carbocycles. The molecule has 1 saturated heterocycles. The van der Waals surface area contributed by atoms with E-state index in [1.807, 2.05) is 4.90 Å². The van der Waals surface area contributed by atoms with E-state index >= 15 is 0 Å². The zero-order valence-electron chi connectivity index (χ0n) is 8.04. The first-order valence-corrected chi connectivity index (χ1v) is 5.32. The van der Waals surface area contributed by atoms with Gasteiger partial charge in [-0.2, -0.15) is 0 Å². The molecule has 0 bridgehead atoms. The van der Waals surface area contributed by atoms with E-state index in [2.05, 4.69) is 0 Å². The van der Waals surface area contributed by atoms with Gasteiger partial charge in [-0.1, -0.05) is 12.8 Å². The summed E-state index contributed by atoms with van der Waals surface area (Å²) in [5.74, 6) is 1.14. The van der Waals surface area contributed by atoms with Crippen molar-refractivity contribution >= 4 is 5.91 Å². The third-order valence-electron chi connectivity index (χ3n) is 3.08. The molecular weight excluding hydrogens is 164 g/mol. The third-order valence-corrected chi connectivity index (χ3v) is 3.08. The van der Waals surface area contributed by atoms with Crippen LogP contribution < -0.4 is 5.73 Å². The average Bonchev–Trinajstić information content (AvgIpc) is 2.88. The van der Waals surface area contributed by atoms with E-state index in [1.54, 1.807) is 0 Å². The van der Waals surface area contributed by atoms with Gasteiger partial charge in [-0.25, -0.2) is 0 Å². The fraction of sp³-hybridized carbons (Fsp3) is 0.900. The highest BCUT2D eigenvalue weighted by molar-refractivity contribution is 5.83. The van der Waals surface area contributed by atoms with Gasteiger partial charge >= 0.3 is 0 Å². The molecule has 0 aromatic rings. The molecule has 1 saturated carbocycles. The summed E-state index contributed by atoms with van der Waals surface area (Å²) < 4.78 is 0. The van der Waals surface area contributed by atoms with Gasteiger partial charge in [0.1, 0.15) is 0 Å². The van der Waals surface area contributed by atoms with Crippen LogP contribution >= 0.6 is 0 Å². The predicted molar refractivity (Wildman–Crippen MR) is 51.1 cm³/mol. The second kappa shape index (κ2) is 3.66. The minimum atomic E-state index is -0.207. The highest BCUT2D eigenvalue weighted by Gasteiger charge is 2.28. The normalized spacial score (nSPS) is 28.5. The average molecular weight is 182 g/mol. The Balaban J connectivity index is 1.66. The van der Waals surface area contributed by atoms with Crippen LogP contribution in [0.4, 0.5) is 0 Å². The summed E-state index contributed by atoms with van der Waals surface area (Å²) >= 11 is 0. The van der Waals surface area contributed by atoms with Gasteiger partial charge in [0, 0.05) is 13.1 Å². The number of likely N-dealkylation sites (tertiary alicyclic amines) is 1. The molecule has 1 aliphatic heterocycles. The Morgan fingerprint density at radius 3 is 2.69 bits per heavy atom. The van der Waals surface area contributed by atoms with E-state index in [1.165, 1.54) is 25.7 Å². The summed E-state index contributed by atoms with van der Waals surface area (Å²) in [5.41, 5.74) is 5.62. The molecule has 3 nitrogen and oxygen atoms in total. The molecule has 13 heavy (non-hydrogen) atoms. The highest BCUT2D eigenvalue weighted by Crippen LogP contribution is 2.33. The minimum Gasteiger partial charge on any atom is -0.341 e. The molecule has 2 N–H and O–H groups in total. The molecular formula is C10H18N2O. The fourth-order valence-electron chi connectivity index (χ4n) is 1.96. The summed E-state index contributed by atoms with van der Waals surface area (Å²) in [6, 6.07) is -0.207. The lowest BCUT2D eigenvalue weighted by Crippen LogP contribution is -2.34. The van der Waals surface area contributed by atoms with Crippen molar-refractivity contribution in [2.45, 2.75) is 38.1 Å². The van der Waals surface area contributed by atoms with Crippen LogP contribution in [0.15, 0.2) is 0 Å². The summed E-state index contributed by atoms with van der Waals surface area (Å²) in [6.07, 6.45) is 6.14. The van der Waals surface area contributed by atoms with Crippen molar-refractivity contribution in [2.75, 3.05) is 13.1 Å². The minimum absolute atomic E-state index is 0.163. The van der Waals surface area contributed by atoms with Crippen LogP contribution in [0.3, 0.4) is 0 Å². The zero-order valence-corrected chi connectivity index (χ0v) is 8.04. The maximum absolute atomic E-state index is 11.4. The Kier molecular flexibility index (Phi) is 2.54. The number of carbonyl (C=O) groups excluding carboxylic acids is 1. The van der Waals surface area contributed by atoms with Crippen LogP contribution in [0.1, 0.15) is 32.1 Å². The van der Waals surface area contributed by atoms with E-state index < -0.39 is 0 Å². The lowest BCUT2D eigenvalue weighted by Gasteiger charge is -2.15. The largest absolute Gasteiger partial charge is 0.341 e. The third kappa shape index (κ3) is 2.21. The van der Waals surface area contributed by atoms with Crippen molar-refractivity contribution in [1.29, 1.82) is 0 Å². The molecule has 1 heterocycles. The number of rotatable bonds is 4. The number of nitrogens with two attached hydrogens (primary N) is 1. The van der Waals surface area contributed by atoms with Crippen LogP contribution in [0.25, 0.3) is 0 Å². The van der Waals surface area contributed by atoms with Crippen molar-refractivity contribution in [1.82, 2.24) is 4.90 Å². The van der Waals surface area contributed by atoms with Crippen LogP contribution in [-0.4, -0.2) is 29.9 Å². The number of hydrogen-bond donors (Lipinski definition) is 1. The first kappa shape index (κ1) is 9.00. The van der Waals surface area contributed by atoms with Crippen molar-refractivity contribution in [3.05, 3.63) is 0 Å². The standard InChI is InChI=1S/C10H18N2O/c11-9-5-7-12(10(9)13)6-1-2-8-3-4-8/h8-9H,1-7,11H2. The Labute approximate surface area is 79.3 Å². The number of nitrogens with zero attached hydrogens (tertiary/aromatic N) is 1. The molecule has 74 valence electrons. The second-order valence-corrected chi connectivity index (χ2v) is 4.31. The topological polar surface area (TPSA) is 46.3 Å². The Morgan fingerprint density at radius 1 is 1.38 bits per heavy atom. The van der Waals surface area contributed by atoms with E-state index in [4.69, 9.17) is 5.73 Å². The zero-order chi connectivity index (χ0) is 9.26. The summed E-state index contributed by atoms with van der Waals surface area (Å²) in [7, 11) is 0. The lowest BCUT2D eigenvalue weighted by atomic mass is 10.2. The van der Waals surface area contributed by atoms with Gasteiger partial charge in [0.15, 0.2) is 0 Å². The molecule has 2 fully saturated rings. The Bertz CT molecular complexity index is 201. The van der Waals surface area contributed by atoms with Crippen LogP contribution in [0.2, 0.25) is 0 Å². The van der Waals surface area contributed by atoms with E-state index in [0.29, 0.717) is 0 Å². The number of carbonyl (C=O) groups is 1. The van der Waals surface area contributed by atoms with E-state index in [-0.39, 0.29) is 11.9 Å². The molecule has 1 amide bonds. The lowest BCUT2D eigenvalue weighted by molar-refractivity contribution is -0.128.